The molecule has 2 heterocycles. The number of fused-ring (bicyclic) bond motifs is 1. The van der Waals surface area contributed by atoms with E-state index in [1.54, 1.807) is 0 Å². The zero-order chi connectivity index (χ0) is 15.8. The van der Waals surface area contributed by atoms with Gasteiger partial charge in [0.1, 0.15) is 30.7 Å². The lowest BCUT2D eigenvalue weighted by molar-refractivity contribution is -0.762. The average Bonchev–Trinajstić information content (AvgIpc) is 3.37. The Bertz CT molecular complexity index is 750. The fourth-order valence-corrected chi connectivity index (χ4v) is 3.01. The maximum absolute atomic E-state index is 12.3. The number of benzene rings is 2. The van der Waals surface area contributed by atoms with E-state index in [2.05, 4.69) is 19.1 Å². The van der Waals surface area contributed by atoms with E-state index in [9.17, 15) is 5.21 Å². The predicted octanol–water partition coefficient (Wildman–Crippen LogP) is 2.42. The molecule has 0 amide bonds. The molecule has 2 aliphatic heterocycles. The first-order valence-electron chi connectivity index (χ1n) is 7.89. The van der Waals surface area contributed by atoms with Crippen LogP contribution in [0.25, 0.3) is 11.1 Å². The molecule has 4 nitrogen and oxygen atoms in total. The molecule has 1 fully saturated rings. The number of hydrogen-bond donors (Lipinski definition) is 1. The van der Waals surface area contributed by atoms with E-state index in [-0.39, 0.29) is 11.2 Å². The van der Waals surface area contributed by atoms with E-state index in [1.807, 2.05) is 36.4 Å². The van der Waals surface area contributed by atoms with Crippen molar-refractivity contribution in [1.29, 1.82) is 0 Å². The topological polar surface area (TPSA) is 49.3 Å². The number of nitrogens with one attached hydrogen (secondary N) is 1. The first-order valence-corrected chi connectivity index (χ1v) is 7.89. The van der Waals surface area contributed by atoms with E-state index in [1.165, 1.54) is 0 Å². The van der Waals surface area contributed by atoms with Gasteiger partial charge in [0, 0.05) is 17.2 Å². The second-order valence-electron chi connectivity index (χ2n) is 6.04. The van der Waals surface area contributed by atoms with Gasteiger partial charge in [0.15, 0.2) is 0 Å². The Hall–Kier alpha value is -2.14. The first kappa shape index (κ1) is 14.5. The molecule has 0 radical (unpaired) electrons. The van der Waals surface area contributed by atoms with Gasteiger partial charge in [0.05, 0.1) is 6.61 Å². The third-order valence-electron chi connectivity index (χ3n) is 4.45. The number of quaternary nitrogens is 1. The number of hydroxylamine groups is 1. The minimum atomic E-state index is 0.183. The minimum absolute atomic E-state index is 0.183. The van der Waals surface area contributed by atoms with Crippen molar-refractivity contribution in [2.45, 2.75) is 13.0 Å². The van der Waals surface area contributed by atoms with E-state index < -0.39 is 0 Å². The average molecular weight is 309 g/mol. The normalized spacial score (nSPS) is 24.3. The van der Waals surface area contributed by atoms with Crippen LogP contribution < -0.4 is 9.80 Å². The third-order valence-corrected chi connectivity index (χ3v) is 4.45. The van der Waals surface area contributed by atoms with E-state index in [4.69, 9.17) is 9.47 Å². The summed E-state index contributed by atoms with van der Waals surface area (Å²) < 4.78 is 10.9. The summed E-state index contributed by atoms with van der Waals surface area (Å²) in [6.07, 6.45) is 0.228. The fraction of sp³-hybridized carbons (Fsp3) is 0.263. The molecule has 4 heteroatoms. The van der Waals surface area contributed by atoms with Gasteiger partial charge in [-0.15, -0.1) is 0 Å². The van der Waals surface area contributed by atoms with Gasteiger partial charge in [0.25, 0.3) is 0 Å². The highest BCUT2D eigenvalue weighted by Gasteiger charge is 2.27. The summed E-state index contributed by atoms with van der Waals surface area (Å²) in [5.74, 6) is 0.798. The summed E-state index contributed by atoms with van der Waals surface area (Å²) in [5.41, 5.74) is 5.21. The Kier molecular flexibility index (Phi) is 3.65. The van der Waals surface area contributed by atoms with Gasteiger partial charge >= 0.3 is 0 Å². The first-order chi connectivity index (χ1) is 11.2. The number of ether oxygens (including phenoxy) is 2. The maximum atomic E-state index is 12.3. The van der Waals surface area contributed by atoms with Gasteiger partial charge < -0.3 is 19.7 Å². The summed E-state index contributed by atoms with van der Waals surface area (Å²) in [5, 5.41) is 12.5. The number of rotatable bonds is 4. The van der Waals surface area contributed by atoms with Crippen molar-refractivity contribution in [1.82, 2.24) is 0 Å². The Labute approximate surface area is 135 Å². The molecule has 2 aromatic carbocycles. The highest BCUT2D eigenvalue weighted by atomic mass is 16.6. The lowest BCUT2D eigenvalue weighted by Gasteiger charge is -2.15. The van der Waals surface area contributed by atoms with E-state index >= 15 is 0 Å². The molecule has 2 atom stereocenters. The highest BCUT2D eigenvalue weighted by molar-refractivity contribution is 5.94. The Morgan fingerprint density at radius 3 is 2.78 bits per heavy atom. The molecular formula is C19H19NO3. The Morgan fingerprint density at radius 2 is 2.04 bits per heavy atom. The number of epoxide rings is 1. The second-order valence-corrected chi connectivity index (χ2v) is 6.04. The van der Waals surface area contributed by atoms with Crippen LogP contribution in [0.15, 0.2) is 48.5 Å². The van der Waals surface area contributed by atoms with E-state index in [0.717, 1.165) is 40.3 Å². The lowest BCUT2D eigenvalue weighted by Crippen LogP contribution is -3.00. The zero-order valence-electron chi connectivity index (χ0n) is 13.0. The van der Waals surface area contributed by atoms with Gasteiger partial charge in [-0.25, -0.2) is 0 Å². The van der Waals surface area contributed by atoms with Crippen LogP contribution in [0.5, 0.6) is 5.75 Å². The van der Waals surface area contributed by atoms with Crippen LogP contribution in [0.2, 0.25) is 0 Å². The molecule has 4 rings (SSSR count). The summed E-state index contributed by atoms with van der Waals surface area (Å²) in [6, 6.07) is 15.9. The van der Waals surface area contributed by atoms with Crippen LogP contribution in [0.3, 0.4) is 0 Å². The predicted molar refractivity (Wildman–Crippen MR) is 89.5 cm³/mol. The van der Waals surface area contributed by atoms with Crippen LogP contribution in [0.1, 0.15) is 18.1 Å². The molecule has 0 spiro atoms. The van der Waals surface area contributed by atoms with E-state index in [0.29, 0.717) is 13.2 Å². The largest absolute Gasteiger partial charge is 0.629 e. The third kappa shape index (κ3) is 2.88. The summed E-state index contributed by atoms with van der Waals surface area (Å²) in [6.45, 7) is 3.90. The van der Waals surface area contributed by atoms with Gasteiger partial charge in [-0.2, -0.15) is 0 Å². The van der Waals surface area contributed by atoms with Gasteiger partial charge in [-0.3, -0.25) is 0 Å². The van der Waals surface area contributed by atoms with Crippen LogP contribution in [-0.2, 0) is 4.74 Å². The Balaban J connectivity index is 1.70. The van der Waals surface area contributed by atoms with Crippen molar-refractivity contribution in [2.75, 3.05) is 19.8 Å². The molecular weight excluding hydrogens is 290 g/mol. The summed E-state index contributed by atoms with van der Waals surface area (Å²) >= 11 is 0. The van der Waals surface area contributed by atoms with Gasteiger partial charge in [-0.1, -0.05) is 30.3 Å². The molecule has 0 aliphatic carbocycles. The van der Waals surface area contributed by atoms with Crippen molar-refractivity contribution in [3.63, 3.8) is 0 Å². The van der Waals surface area contributed by atoms with Gasteiger partial charge in [-0.05, 0) is 30.2 Å². The van der Waals surface area contributed by atoms with Crippen LogP contribution in [0, 0.1) is 5.21 Å². The van der Waals surface area contributed by atoms with Crippen molar-refractivity contribution in [2.24, 2.45) is 0 Å². The number of allylic oxidation sites excluding steroid dienone is 1. The molecule has 0 aromatic heterocycles. The smallest absolute Gasteiger partial charge is 0.139 e. The maximum Gasteiger partial charge on any atom is 0.139 e. The molecule has 23 heavy (non-hydrogen) atoms. The van der Waals surface area contributed by atoms with Crippen LogP contribution >= 0.6 is 0 Å². The molecule has 1 saturated heterocycles. The second kappa shape index (κ2) is 5.81. The quantitative estimate of drug-likeness (QED) is 0.697. The van der Waals surface area contributed by atoms with Crippen LogP contribution in [0.4, 0.5) is 5.69 Å². The molecule has 118 valence electrons. The highest BCUT2D eigenvalue weighted by Crippen LogP contribution is 2.34. The number of hydrogen-bond acceptors (Lipinski definition) is 3. The Morgan fingerprint density at radius 1 is 1.26 bits per heavy atom. The van der Waals surface area contributed by atoms with Gasteiger partial charge in [0.2, 0.25) is 0 Å². The molecule has 1 N–H and O–H groups in total. The molecule has 0 bridgehead atoms. The van der Waals surface area contributed by atoms with Crippen molar-refractivity contribution in [3.8, 4) is 5.75 Å². The standard InChI is InChI=1S/C19H19NO3/c1-13(14-5-3-2-4-6-14)18-10-20(21)19-8-7-15(9-17(18)19)22-11-16-12-23-16/h2-9,16,20H,10-12H2,1H3. The van der Waals surface area contributed by atoms with Crippen molar-refractivity contribution >= 4 is 16.8 Å². The van der Waals surface area contributed by atoms with Crippen molar-refractivity contribution in [3.05, 3.63) is 64.9 Å². The minimum Gasteiger partial charge on any atom is -0.629 e. The lowest BCUT2D eigenvalue weighted by atomic mass is 9.97. The zero-order valence-corrected chi connectivity index (χ0v) is 13.0. The molecule has 2 aliphatic rings. The molecule has 0 saturated carbocycles. The van der Waals surface area contributed by atoms with Crippen LogP contribution in [-0.4, -0.2) is 25.9 Å². The summed E-state index contributed by atoms with van der Waals surface area (Å²) in [7, 11) is 0. The summed E-state index contributed by atoms with van der Waals surface area (Å²) in [4.78, 5) is 0. The monoisotopic (exact) mass is 309 g/mol. The fourth-order valence-electron chi connectivity index (χ4n) is 3.01. The SMILES string of the molecule is CC(=C1C[NH+]([O-])c2ccc(OCC3CO3)cc21)c1ccccc1. The molecule has 2 aromatic rings. The molecule has 2 unspecified atom stereocenters. The van der Waals surface area contributed by atoms with Crippen molar-refractivity contribution < 1.29 is 14.5 Å².